The van der Waals surface area contributed by atoms with E-state index in [1.165, 1.54) is 12.1 Å². The third-order valence-electron chi connectivity index (χ3n) is 2.16. The third kappa shape index (κ3) is 2.34. The fourth-order valence-corrected chi connectivity index (χ4v) is 2.80. The van der Waals surface area contributed by atoms with Crippen molar-refractivity contribution in [2.75, 3.05) is 0 Å². The maximum absolute atomic E-state index is 13.0. The summed E-state index contributed by atoms with van der Waals surface area (Å²) < 4.78 is 13.8. The summed E-state index contributed by atoms with van der Waals surface area (Å²) in [7, 11) is 0. The van der Waals surface area contributed by atoms with Gasteiger partial charge in [0.1, 0.15) is 5.82 Å². The summed E-state index contributed by atoms with van der Waals surface area (Å²) >= 11 is 14.3. The summed E-state index contributed by atoms with van der Waals surface area (Å²) in [6.45, 7) is 0. The zero-order chi connectivity index (χ0) is 11.7. The molecule has 0 atom stereocenters. The molecule has 2 rings (SSSR count). The number of hydrogen-bond donors (Lipinski definition) is 0. The lowest BCUT2D eigenvalue weighted by atomic mass is 10.1. The number of benzene rings is 2. The van der Waals surface area contributed by atoms with E-state index in [1.807, 2.05) is 0 Å². The summed E-state index contributed by atoms with van der Waals surface area (Å²) in [5, 5.41) is 1.13. The van der Waals surface area contributed by atoms with E-state index in [1.54, 1.807) is 24.3 Å². The molecule has 0 saturated heterocycles. The number of halogens is 4. The molecule has 0 fully saturated rings. The smallest absolute Gasteiger partial charge is 0.124 e. The van der Waals surface area contributed by atoms with Crippen molar-refractivity contribution in [3.63, 3.8) is 0 Å². The van der Waals surface area contributed by atoms with E-state index in [0.29, 0.717) is 10.0 Å². The molecule has 0 saturated carbocycles. The van der Waals surface area contributed by atoms with Crippen molar-refractivity contribution in [1.29, 1.82) is 0 Å². The van der Waals surface area contributed by atoms with Gasteiger partial charge in [0.25, 0.3) is 0 Å². The summed E-state index contributed by atoms with van der Waals surface area (Å²) in [5.41, 5.74) is 1.59. The van der Waals surface area contributed by atoms with Crippen molar-refractivity contribution >= 4 is 45.8 Å². The topological polar surface area (TPSA) is 0 Å². The van der Waals surface area contributed by atoms with E-state index >= 15 is 0 Å². The van der Waals surface area contributed by atoms with E-state index in [4.69, 9.17) is 23.2 Å². The molecule has 2 aromatic carbocycles. The van der Waals surface area contributed by atoms with Crippen LogP contribution in [0.2, 0.25) is 10.0 Å². The molecule has 0 N–H and O–H groups in total. The van der Waals surface area contributed by atoms with Gasteiger partial charge in [-0.1, -0.05) is 35.3 Å². The fraction of sp³-hybridized carbons (Fsp3) is 0. The Morgan fingerprint density at radius 3 is 2.19 bits per heavy atom. The van der Waals surface area contributed by atoms with Crippen LogP contribution in [-0.4, -0.2) is 0 Å². The van der Waals surface area contributed by atoms with Crippen molar-refractivity contribution in [1.82, 2.24) is 0 Å². The van der Waals surface area contributed by atoms with Crippen LogP contribution in [0.5, 0.6) is 0 Å². The molecule has 0 radical (unpaired) electrons. The lowest BCUT2D eigenvalue weighted by Gasteiger charge is -2.09. The zero-order valence-corrected chi connectivity index (χ0v) is 11.6. The van der Waals surface area contributed by atoms with E-state index in [0.717, 1.165) is 14.7 Å². The second-order valence-electron chi connectivity index (χ2n) is 3.22. The van der Waals surface area contributed by atoms with Crippen molar-refractivity contribution in [2.45, 2.75) is 0 Å². The second-order valence-corrected chi connectivity index (χ2v) is 5.20. The van der Waals surface area contributed by atoms with Gasteiger partial charge in [-0.15, -0.1) is 0 Å². The monoisotopic (exact) mass is 366 g/mol. The van der Waals surface area contributed by atoms with Crippen LogP contribution >= 0.6 is 45.8 Å². The highest BCUT2D eigenvalue weighted by atomic mass is 127. The Kier molecular flexibility index (Phi) is 3.72. The Morgan fingerprint density at radius 1 is 1.00 bits per heavy atom. The molecule has 0 aromatic heterocycles. The lowest BCUT2D eigenvalue weighted by molar-refractivity contribution is 0.627. The predicted molar refractivity (Wildman–Crippen MR) is 74.6 cm³/mol. The molecular weight excluding hydrogens is 361 g/mol. The second kappa shape index (κ2) is 4.90. The Morgan fingerprint density at radius 2 is 1.62 bits per heavy atom. The van der Waals surface area contributed by atoms with Crippen molar-refractivity contribution in [3.8, 4) is 11.1 Å². The molecule has 16 heavy (non-hydrogen) atoms. The molecule has 0 amide bonds. The highest BCUT2D eigenvalue weighted by Gasteiger charge is 2.11. The van der Waals surface area contributed by atoms with Gasteiger partial charge in [-0.05, 0) is 52.4 Å². The molecule has 0 spiro atoms. The van der Waals surface area contributed by atoms with Crippen LogP contribution < -0.4 is 0 Å². The average molecular weight is 367 g/mol. The first-order chi connectivity index (χ1) is 7.59. The Hall–Kier alpha value is -0.320. The quantitative estimate of drug-likeness (QED) is 0.592. The van der Waals surface area contributed by atoms with Gasteiger partial charge in [0, 0.05) is 19.2 Å². The normalized spacial score (nSPS) is 10.5. The maximum atomic E-state index is 13.0. The Balaban J connectivity index is 2.68. The van der Waals surface area contributed by atoms with Crippen LogP contribution in [0, 0.1) is 9.39 Å². The van der Waals surface area contributed by atoms with Gasteiger partial charge in [-0.2, -0.15) is 0 Å². The first-order valence-corrected chi connectivity index (χ1v) is 6.32. The van der Waals surface area contributed by atoms with E-state index in [2.05, 4.69) is 22.6 Å². The standard InChI is InChI=1S/C12H6Cl2FI/c13-9-2-1-3-10(14)12(9)8-5-4-7(15)6-11(8)16/h1-6H. The first kappa shape index (κ1) is 12.1. The molecule has 0 aliphatic rings. The summed E-state index contributed by atoms with van der Waals surface area (Å²) in [5.74, 6) is -0.267. The van der Waals surface area contributed by atoms with Crippen LogP contribution in [0.25, 0.3) is 11.1 Å². The highest BCUT2D eigenvalue weighted by Crippen LogP contribution is 2.37. The van der Waals surface area contributed by atoms with Gasteiger partial charge in [0.05, 0.1) is 0 Å². The van der Waals surface area contributed by atoms with Gasteiger partial charge in [-0.3, -0.25) is 0 Å². The van der Waals surface area contributed by atoms with Crippen molar-refractivity contribution in [2.24, 2.45) is 0 Å². The summed E-state index contributed by atoms with van der Waals surface area (Å²) in [4.78, 5) is 0. The summed E-state index contributed by atoms with van der Waals surface area (Å²) in [6, 6.07) is 9.85. The minimum absolute atomic E-state index is 0.267. The van der Waals surface area contributed by atoms with Crippen molar-refractivity contribution in [3.05, 3.63) is 55.8 Å². The molecule has 0 aliphatic carbocycles. The number of rotatable bonds is 1. The molecule has 0 aliphatic heterocycles. The average Bonchev–Trinajstić information content (AvgIpc) is 2.20. The van der Waals surface area contributed by atoms with E-state index in [-0.39, 0.29) is 5.82 Å². The fourth-order valence-electron chi connectivity index (χ4n) is 1.45. The van der Waals surface area contributed by atoms with Gasteiger partial charge < -0.3 is 0 Å². The lowest BCUT2D eigenvalue weighted by Crippen LogP contribution is -1.87. The van der Waals surface area contributed by atoms with Gasteiger partial charge in [-0.25, -0.2) is 4.39 Å². The van der Waals surface area contributed by atoms with Gasteiger partial charge >= 0.3 is 0 Å². The SMILES string of the molecule is Fc1ccc(-c2c(Cl)cccc2Cl)c(I)c1. The third-order valence-corrected chi connectivity index (χ3v) is 3.69. The van der Waals surface area contributed by atoms with E-state index in [9.17, 15) is 4.39 Å². The number of hydrogen-bond acceptors (Lipinski definition) is 0. The van der Waals surface area contributed by atoms with E-state index < -0.39 is 0 Å². The maximum Gasteiger partial charge on any atom is 0.124 e. The van der Waals surface area contributed by atoms with Crippen LogP contribution in [0.4, 0.5) is 4.39 Å². The molecule has 0 bridgehead atoms. The molecule has 82 valence electrons. The predicted octanol–water partition coefficient (Wildman–Crippen LogP) is 5.40. The Labute approximate surface area is 117 Å². The minimum atomic E-state index is -0.267. The molecule has 0 unspecified atom stereocenters. The van der Waals surface area contributed by atoms with Crippen LogP contribution in [0.15, 0.2) is 36.4 Å². The highest BCUT2D eigenvalue weighted by molar-refractivity contribution is 14.1. The first-order valence-electron chi connectivity index (χ1n) is 4.49. The summed E-state index contributed by atoms with van der Waals surface area (Å²) in [6.07, 6.45) is 0. The largest absolute Gasteiger partial charge is 0.207 e. The molecule has 0 nitrogen and oxygen atoms in total. The van der Waals surface area contributed by atoms with Crippen LogP contribution in [0.1, 0.15) is 0 Å². The van der Waals surface area contributed by atoms with Crippen LogP contribution in [0.3, 0.4) is 0 Å². The minimum Gasteiger partial charge on any atom is -0.207 e. The zero-order valence-electron chi connectivity index (χ0n) is 7.98. The molecule has 0 heterocycles. The van der Waals surface area contributed by atoms with Crippen LogP contribution in [-0.2, 0) is 0 Å². The molecular formula is C12H6Cl2FI. The Bertz CT molecular complexity index is 520. The van der Waals surface area contributed by atoms with Crippen molar-refractivity contribution < 1.29 is 4.39 Å². The molecule has 4 heteroatoms. The molecule has 2 aromatic rings. The van der Waals surface area contributed by atoms with Gasteiger partial charge in [0.2, 0.25) is 0 Å². The van der Waals surface area contributed by atoms with Gasteiger partial charge in [0.15, 0.2) is 0 Å².